The van der Waals surface area contributed by atoms with Gasteiger partial charge >= 0.3 is 5.97 Å². The van der Waals surface area contributed by atoms with Gasteiger partial charge in [-0.15, -0.1) is 11.3 Å². The molecular formula is C29H32N4O3S. The van der Waals surface area contributed by atoms with Crippen LogP contribution < -0.4 is 0 Å². The van der Waals surface area contributed by atoms with E-state index in [4.69, 9.17) is 6.57 Å². The third-order valence-corrected chi connectivity index (χ3v) is 7.86. The van der Waals surface area contributed by atoms with E-state index < -0.39 is 23.5 Å². The van der Waals surface area contributed by atoms with E-state index in [0.717, 1.165) is 5.56 Å². The Morgan fingerprint density at radius 2 is 1.89 bits per heavy atom. The molecule has 4 rings (SSSR count). The first-order valence-corrected chi connectivity index (χ1v) is 13.3. The van der Waals surface area contributed by atoms with Crippen molar-refractivity contribution >= 4 is 28.9 Å². The van der Waals surface area contributed by atoms with Gasteiger partial charge in [-0.1, -0.05) is 46.8 Å². The number of thiazole rings is 1. The average Bonchev–Trinajstić information content (AvgIpc) is 3.49. The van der Waals surface area contributed by atoms with Crippen molar-refractivity contribution in [1.82, 2.24) is 14.9 Å². The molecule has 8 heteroatoms. The monoisotopic (exact) mass is 516 g/mol. The predicted molar refractivity (Wildman–Crippen MR) is 144 cm³/mol. The second-order valence-corrected chi connectivity index (χ2v) is 12.0. The molecule has 3 atom stereocenters. The summed E-state index contributed by atoms with van der Waals surface area (Å²) in [5.74, 6) is -1.79. The number of aliphatic carboxylic acids is 1. The summed E-state index contributed by atoms with van der Waals surface area (Å²) in [6.07, 6.45) is 3.71. The number of carboxylic acid groups (broad SMARTS) is 1. The summed E-state index contributed by atoms with van der Waals surface area (Å²) < 4.78 is 0. The molecule has 0 aliphatic carbocycles. The summed E-state index contributed by atoms with van der Waals surface area (Å²) >= 11 is 1.40. The van der Waals surface area contributed by atoms with E-state index in [2.05, 4.69) is 35.6 Å². The number of aromatic nitrogens is 2. The zero-order chi connectivity index (χ0) is 27.0. The van der Waals surface area contributed by atoms with Crippen molar-refractivity contribution in [2.75, 3.05) is 0 Å². The Kier molecular flexibility index (Phi) is 7.20. The van der Waals surface area contributed by atoms with Gasteiger partial charge in [-0.2, -0.15) is 0 Å². The van der Waals surface area contributed by atoms with E-state index in [1.54, 1.807) is 41.6 Å². The fourth-order valence-electron chi connectivity index (χ4n) is 5.37. The molecule has 0 unspecified atom stereocenters. The number of pyridine rings is 1. The van der Waals surface area contributed by atoms with Crippen molar-refractivity contribution in [2.24, 2.45) is 5.92 Å². The number of benzene rings is 1. The fourth-order valence-corrected chi connectivity index (χ4v) is 6.16. The topological polar surface area (TPSA) is 87.8 Å². The summed E-state index contributed by atoms with van der Waals surface area (Å²) in [5.41, 5.74) is 1.02. The number of hydrogen-bond donors (Lipinski definition) is 1. The van der Waals surface area contributed by atoms with Gasteiger partial charge in [0.15, 0.2) is 5.69 Å². The third-order valence-electron chi connectivity index (χ3n) is 7.02. The molecule has 7 nitrogen and oxygen atoms in total. The first kappa shape index (κ1) is 26.5. The minimum Gasteiger partial charge on any atom is -0.479 e. The van der Waals surface area contributed by atoms with Crippen molar-refractivity contribution in [3.63, 3.8) is 0 Å². The van der Waals surface area contributed by atoms with Crippen molar-refractivity contribution in [3.8, 4) is 0 Å². The second-order valence-electron chi connectivity index (χ2n) is 11.1. The van der Waals surface area contributed by atoms with E-state index in [1.807, 2.05) is 31.4 Å². The molecule has 2 aromatic heterocycles. The lowest BCUT2D eigenvalue weighted by atomic mass is 9.82. The molecule has 3 aromatic rings. The number of carbonyl (C=O) groups is 2. The van der Waals surface area contributed by atoms with E-state index in [1.165, 1.54) is 11.3 Å². The highest BCUT2D eigenvalue weighted by Crippen LogP contribution is 2.54. The number of rotatable bonds is 6. The van der Waals surface area contributed by atoms with Crippen LogP contribution in [0.25, 0.3) is 4.85 Å². The lowest BCUT2D eigenvalue weighted by Crippen LogP contribution is -2.54. The van der Waals surface area contributed by atoms with Crippen LogP contribution >= 0.6 is 11.3 Å². The maximum Gasteiger partial charge on any atom is 0.329 e. The quantitative estimate of drug-likeness (QED) is 0.372. The van der Waals surface area contributed by atoms with Crippen LogP contribution in [0.1, 0.15) is 86.0 Å². The summed E-state index contributed by atoms with van der Waals surface area (Å²) in [6.45, 7) is 17.7. The molecule has 1 aromatic carbocycles. The van der Waals surface area contributed by atoms with Crippen LogP contribution in [0.4, 0.5) is 5.69 Å². The Balaban J connectivity index is 1.91. The molecular weight excluding hydrogens is 484 g/mol. The largest absolute Gasteiger partial charge is 0.479 e. The van der Waals surface area contributed by atoms with E-state index >= 15 is 0 Å². The maximum atomic E-state index is 14.3. The molecule has 1 aliphatic rings. The van der Waals surface area contributed by atoms with Gasteiger partial charge in [0.2, 0.25) is 0 Å². The molecule has 37 heavy (non-hydrogen) atoms. The highest BCUT2D eigenvalue weighted by Gasteiger charge is 2.60. The van der Waals surface area contributed by atoms with Gasteiger partial charge in [-0.05, 0) is 54.0 Å². The smallest absolute Gasteiger partial charge is 0.329 e. The Bertz CT molecular complexity index is 1320. The summed E-state index contributed by atoms with van der Waals surface area (Å²) in [6, 6.07) is 10.1. The second kappa shape index (κ2) is 10.1. The van der Waals surface area contributed by atoms with Gasteiger partial charge in [0.25, 0.3) is 5.91 Å². The predicted octanol–water partition coefficient (Wildman–Crippen LogP) is 6.63. The zero-order valence-electron chi connectivity index (χ0n) is 21.8. The standard InChI is InChI=1S/C29H32N4O3S/c1-18(2)16-29(27(35)36)17-22(23-15-21(30-6)11-12-31-23)24(25-32-13-14-37-25)33(29)26(34)19-7-9-20(10-8-19)28(3,4)5/h7-15,18,22,24H,16-17H2,1-5H3,(H,35,36)/t22-,24-,29+/m1/s1. The number of amides is 1. The number of hydrogen-bond acceptors (Lipinski definition) is 5. The highest BCUT2D eigenvalue weighted by molar-refractivity contribution is 7.09. The fraction of sp³-hybridized carbons (Fsp3) is 0.414. The molecule has 1 saturated heterocycles. The van der Waals surface area contributed by atoms with E-state index in [0.29, 0.717) is 22.0 Å². The Hall–Kier alpha value is -3.57. The van der Waals surface area contributed by atoms with Crippen molar-refractivity contribution in [2.45, 2.75) is 70.4 Å². The Labute approximate surface area is 222 Å². The summed E-state index contributed by atoms with van der Waals surface area (Å²) in [5, 5.41) is 13.2. The van der Waals surface area contributed by atoms with Crippen LogP contribution in [0.15, 0.2) is 54.2 Å². The molecule has 192 valence electrons. The molecule has 1 amide bonds. The minimum absolute atomic E-state index is 0.0212. The molecule has 1 fully saturated rings. The van der Waals surface area contributed by atoms with Crippen LogP contribution in [0.3, 0.4) is 0 Å². The van der Waals surface area contributed by atoms with Crippen LogP contribution in [0.2, 0.25) is 0 Å². The maximum absolute atomic E-state index is 14.3. The lowest BCUT2D eigenvalue weighted by molar-refractivity contribution is -0.150. The van der Waals surface area contributed by atoms with Crippen LogP contribution in [0, 0.1) is 12.5 Å². The van der Waals surface area contributed by atoms with E-state index in [9.17, 15) is 14.7 Å². The van der Waals surface area contributed by atoms with Crippen molar-refractivity contribution < 1.29 is 14.7 Å². The number of nitrogens with zero attached hydrogens (tertiary/aromatic N) is 4. The normalized spacial score (nSPS) is 21.7. The highest BCUT2D eigenvalue weighted by atomic mass is 32.1. The SMILES string of the molecule is [C-]#[N+]c1ccnc([C@H]2C[C@@](CC(C)C)(C(=O)O)N(C(=O)c3ccc(C(C)(C)C)cc3)[C@H]2c2nccs2)c1. The lowest BCUT2D eigenvalue weighted by Gasteiger charge is -2.38. The molecule has 0 saturated carbocycles. The van der Waals surface area contributed by atoms with Crippen LogP contribution in [-0.2, 0) is 10.2 Å². The number of carboxylic acids is 1. The van der Waals surface area contributed by atoms with Gasteiger partial charge in [-0.3, -0.25) is 9.78 Å². The number of likely N-dealkylation sites (tertiary alicyclic amines) is 1. The minimum atomic E-state index is -1.45. The molecule has 0 spiro atoms. The van der Waals surface area contributed by atoms with Gasteiger partial charge in [-0.25, -0.2) is 14.6 Å². The molecule has 0 radical (unpaired) electrons. The van der Waals surface area contributed by atoms with Gasteiger partial charge in [0.05, 0.1) is 12.6 Å². The molecule has 1 aliphatic heterocycles. The summed E-state index contributed by atoms with van der Waals surface area (Å²) in [7, 11) is 0. The molecule has 1 N–H and O–H groups in total. The van der Waals surface area contributed by atoms with Crippen molar-refractivity contribution in [3.05, 3.63) is 87.4 Å². The Morgan fingerprint density at radius 1 is 1.19 bits per heavy atom. The first-order chi connectivity index (χ1) is 17.5. The van der Waals surface area contributed by atoms with Crippen LogP contribution in [0.5, 0.6) is 0 Å². The number of carbonyl (C=O) groups excluding carboxylic acids is 1. The van der Waals surface area contributed by atoms with Gasteiger partial charge in [0.1, 0.15) is 10.5 Å². The zero-order valence-corrected chi connectivity index (χ0v) is 22.6. The van der Waals surface area contributed by atoms with Gasteiger partial charge < -0.3 is 10.0 Å². The van der Waals surface area contributed by atoms with Crippen molar-refractivity contribution in [1.29, 1.82) is 0 Å². The van der Waals surface area contributed by atoms with Gasteiger partial charge in [0, 0.05) is 34.9 Å². The molecule has 0 bridgehead atoms. The third kappa shape index (κ3) is 5.01. The van der Waals surface area contributed by atoms with E-state index in [-0.39, 0.29) is 30.1 Å². The average molecular weight is 517 g/mol. The Morgan fingerprint density at radius 3 is 2.43 bits per heavy atom. The van der Waals surface area contributed by atoms with Crippen LogP contribution in [-0.4, -0.2) is 37.4 Å². The summed E-state index contributed by atoms with van der Waals surface area (Å²) in [4.78, 5) is 41.6. The molecule has 3 heterocycles. The first-order valence-electron chi connectivity index (χ1n) is 12.4.